The zero-order valence-electron chi connectivity index (χ0n) is 10.1. The molecule has 6 heteroatoms. The standard InChI is InChI=1S/C13H11BrFN3O/c1-8(9-2-4-11(15)5-3-9)17-18-13(19)12-6-10(14)7-16-12/h2-7,16H,1H3,(H,18,19)/b17-8-. The molecule has 0 fully saturated rings. The summed E-state index contributed by atoms with van der Waals surface area (Å²) < 4.78 is 13.6. The number of aromatic nitrogens is 1. The fourth-order valence-electron chi connectivity index (χ4n) is 1.45. The third-order valence-corrected chi connectivity index (χ3v) is 2.94. The predicted octanol–water partition coefficient (Wildman–Crippen LogP) is 3.07. The summed E-state index contributed by atoms with van der Waals surface area (Å²) in [7, 11) is 0. The lowest BCUT2D eigenvalue weighted by molar-refractivity contribution is 0.0950. The van der Waals surface area contributed by atoms with Crippen molar-refractivity contribution in [2.45, 2.75) is 6.92 Å². The summed E-state index contributed by atoms with van der Waals surface area (Å²) in [5.74, 6) is -0.649. The maximum atomic E-state index is 12.8. The molecule has 1 heterocycles. The van der Waals surface area contributed by atoms with Gasteiger partial charge < -0.3 is 4.98 Å². The van der Waals surface area contributed by atoms with E-state index in [0.717, 1.165) is 10.0 Å². The Morgan fingerprint density at radius 1 is 1.37 bits per heavy atom. The molecule has 1 amide bonds. The number of rotatable bonds is 3. The Morgan fingerprint density at radius 2 is 2.05 bits per heavy atom. The molecule has 2 aromatic rings. The lowest BCUT2D eigenvalue weighted by Gasteiger charge is -2.01. The van der Waals surface area contributed by atoms with E-state index in [0.29, 0.717) is 11.4 Å². The number of carbonyl (C=O) groups excluding carboxylic acids is 1. The van der Waals surface area contributed by atoms with E-state index in [4.69, 9.17) is 0 Å². The Balaban J connectivity index is 2.06. The molecule has 2 N–H and O–H groups in total. The van der Waals surface area contributed by atoms with Crippen LogP contribution in [0.1, 0.15) is 23.0 Å². The van der Waals surface area contributed by atoms with Crippen molar-refractivity contribution in [2.24, 2.45) is 5.10 Å². The molecule has 0 radical (unpaired) electrons. The third kappa shape index (κ3) is 3.51. The van der Waals surface area contributed by atoms with Crippen LogP contribution in [0.5, 0.6) is 0 Å². The van der Waals surface area contributed by atoms with Crippen LogP contribution in [0.15, 0.2) is 46.1 Å². The minimum Gasteiger partial charge on any atom is -0.356 e. The highest BCUT2D eigenvalue weighted by molar-refractivity contribution is 9.10. The van der Waals surface area contributed by atoms with E-state index in [-0.39, 0.29) is 11.7 Å². The Bertz CT molecular complexity index is 619. The number of benzene rings is 1. The number of halogens is 2. The minimum absolute atomic E-state index is 0.308. The lowest BCUT2D eigenvalue weighted by Crippen LogP contribution is -2.19. The second kappa shape index (κ2) is 5.79. The maximum Gasteiger partial charge on any atom is 0.287 e. The molecule has 0 aliphatic rings. The second-order valence-corrected chi connectivity index (χ2v) is 4.79. The zero-order valence-corrected chi connectivity index (χ0v) is 11.7. The molecule has 1 aromatic heterocycles. The summed E-state index contributed by atoms with van der Waals surface area (Å²) in [6.07, 6.45) is 1.66. The summed E-state index contributed by atoms with van der Waals surface area (Å²) >= 11 is 3.24. The molecule has 0 unspecified atom stereocenters. The highest BCUT2D eigenvalue weighted by atomic mass is 79.9. The van der Waals surface area contributed by atoms with Crippen molar-refractivity contribution in [3.8, 4) is 0 Å². The lowest BCUT2D eigenvalue weighted by atomic mass is 10.1. The van der Waals surface area contributed by atoms with Crippen LogP contribution in [0.25, 0.3) is 0 Å². The quantitative estimate of drug-likeness (QED) is 0.662. The molecule has 0 saturated heterocycles. The minimum atomic E-state index is -0.341. The number of amides is 1. The van der Waals surface area contributed by atoms with Crippen molar-refractivity contribution in [3.05, 3.63) is 58.1 Å². The smallest absolute Gasteiger partial charge is 0.287 e. The number of hydrogen-bond acceptors (Lipinski definition) is 2. The normalized spacial score (nSPS) is 11.4. The van der Waals surface area contributed by atoms with Crippen molar-refractivity contribution in [1.29, 1.82) is 0 Å². The first-order valence-electron chi connectivity index (χ1n) is 5.51. The summed E-state index contributed by atoms with van der Waals surface area (Å²) in [5.41, 5.74) is 4.17. The molecule has 19 heavy (non-hydrogen) atoms. The van der Waals surface area contributed by atoms with Crippen LogP contribution < -0.4 is 5.43 Å². The molecule has 0 saturated carbocycles. The number of hydrogen-bond donors (Lipinski definition) is 2. The van der Waals surface area contributed by atoms with E-state index >= 15 is 0 Å². The zero-order chi connectivity index (χ0) is 13.8. The van der Waals surface area contributed by atoms with Gasteiger partial charge in [-0.15, -0.1) is 0 Å². The van der Waals surface area contributed by atoms with Gasteiger partial charge in [0, 0.05) is 10.7 Å². The first kappa shape index (κ1) is 13.5. The first-order chi connectivity index (χ1) is 9.06. The average Bonchev–Trinajstić information content (AvgIpc) is 2.83. The van der Waals surface area contributed by atoms with Crippen LogP contribution >= 0.6 is 15.9 Å². The number of nitrogens with zero attached hydrogens (tertiary/aromatic N) is 1. The topological polar surface area (TPSA) is 57.2 Å². The van der Waals surface area contributed by atoms with E-state index in [1.165, 1.54) is 12.1 Å². The maximum absolute atomic E-state index is 12.8. The van der Waals surface area contributed by atoms with Gasteiger partial charge in [0.2, 0.25) is 0 Å². The molecule has 0 aliphatic heterocycles. The van der Waals surface area contributed by atoms with Gasteiger partial charge in [0.15, 0.2) is 0 Å². The van der Waals surface area contributed by atoms with Crippen molar-refractivity contribution in [1.82, 2.24) is 10.4 Å². The number of nitrogens with one attached hydrogen (secondary N) is 2. The molecular weight excluding hydrogens is 313 g/mol. The van der Waals surface area contributed by atoms with Crippen LogP contribution in [0.4, 0.5) is 4.39 Å². The predicted molar refractivity (Wildman–Crippen MR) is 74.6 cm³/mol. The number of carbonyl (C=O) groups is 1. The SMILES string of the molecule is C/C(=N/NC(=O)c1cc(Br)c[nH]1)c1ccc(F)cc1. The largest absolute Gasteiger partial charge is 0.356 e. The molecule has 2 rings (SSSR count). The fourth-order valence-corrected chi connectivity index (χ4v) is 1.79. The van der Waals surface area contributed by atoms with Gasteiger partial charge in [-0.1, -0.05) is 12.1 Å². The Labute approximate surface area is 117 Å². The van der Waals surface area contributed by atoms with Crippen LogP contribution in [-0.2, 0) is 0 Å². The van der Waals surface area contributed by atoms with Gasteiger partial charge in [0.25, 0.3) is 5.91 Å². The van der Waals surface area contributed by atoms with Crippen LogP contribution in [0.3, 0.4) is 0 Å². The Kier molecular flexibility index (Phi) is 4.11. The summed E-state index contributed by atoms with van der Waals surface area (Å²) in [4.78, 5) is 14.5. The van der Waals surface area contributed by atoms with Crippen molar-refractivity contribution >= 4 is 27.5 Å². The molecule has 1 aromatic carbocycles. The van der Waals surface area contributed by atoms with Gasteiger partial charge in [-0.2, -0.15) is 5.10 Å². The Hall–Kier alpha value is -1.95. The highest BCUT2D eigenvalue weighted by Crippen LogP contribution is 2.10. The van der Waals surface area contributed by atoms with Gasteiger partial charge in [-0.25, -0.2) is 9.82 Å². The van der Waals surface area contributed by atoms with Gasteiger partial charge in [0.1, 0.15) is 11.5 Å². The molecule has 98 valence electrons. The van der Waals surface area contributed by atoms with Crippen molar-refractivity contribution in [3.63, 3.8) is 0 Å². The van der Waals surface area contributed by atoms with E-state index in [2.05, 4.69) is 31.4 Å². The number of H-pyrrole nitrogens is 1. The summed E-state index contributed by atoms with van der Waals surface area (Å²) in [5, 5.41) is 3.97. The van der Waals surface area contributed by atoms with Gasteiger partial charge in [0.05, 0.1) is 5.71 Å². The first-order valence-corrected chi connectivity index (χ1v) is 6.30. The fraction of sp³-hybridized carbons (Fsp3) is 0.0769. The second-order valence-electron chi connectivity index (χ2n) is 3.88. The Morgan fingerprint density at radius 3 is 2.63 bits per heavy atom. The summed E-state index contributed by atoms with van der Waals surface area (Å²) in [6, 6.07) is 7.55. The van der Waals surface area contributed by atoms with Crippen molar-refractivity contribution < 1.29 is 9.18 Å². The van der Waals surface area contributed by atoms with Crippen molar-refractivity contribution in [2.75, 3.05) is 0 Å². The number of aromatic amines is 1. The molecular formula is C13H11BrFN3O. The number of hydrazone groups is 1. The molecule has 0 atom stereocenters. The monoisotopic (exact) mass is 323 g/mol. The van der Waals surface area contributed by atoms with Gasteiger partial charge in [-0.3, -0.25) is 4.79 Å². The van der Waals surface area contributed by atoms with E-state index in [1.54, 1.807) is 31.3 Å². The van der Waals surface area contributed by atoms with Gasteiger partial charge >= 0.3 is 0 Å². The average molecular weight is 324 g/mol. The van der Waals surface area contributed by atoms with E-state index in [1.807, 2.05) is 0 Å². The molecule has 0 spiro atoms. The van der Waals surface area contributed by atoms with Crippen LogP contribution in [-0.4, -0.2) is 16.6 Å². The van der Waals surface area contributed by atoms with E-state index in [9.17, 15) is 9.18 Å². The molecule has 0 bridgehead atoms. The van der Waals surface area contributed by atoms with Crippen LogP contribution in [0, 0.1) is 5.82 Å². The summed E-state index contributed by atoms with van der Waals surface area (Å²) in [6.45, 7) is 1.73. The van der Waals surface area contributed by atoms with Gasteiger partial charge in [-0.05, 0) is 46.6 Å². The third-order valence-electron chi connectivity index (χ3n) is 2.48. The highest BCUT2D eigenvalue weighted by Gasteiger charge is 2.07. The molecule has 0 aliphatic carbocycles. The van der Waals surface area contributed by atoms with E-state index < -0.39 is 0 Å². The van der Waals surface area contributed by atoms with Crippen LogP contribution in [0.2, 0.25) is 0 Å². The molecule has 4 nitrogen and oxygen atoms in total.